The van der Waals surface area contributed by atoms with E-state index in [1.807, 2.05) is 0 Å². The van der Waals surface area contributed by atoms with E-state index in [4.69, 9.17) is 11.6 Å². The van der Waals surface area contributed by atoms with Gasteiger partial charge in [0.1, 0.15) is 5.82 Å². The first-order valence-corrected chi connectivity index (χ1v) is 9.28. The lowest BCUT2D eigenvalue weighted by atomic mass is 10.1. The summed E-state index contributed by atoms with van der Waals surface area (Å²) in [6, 6.07) is 7.28. The van der Waals surface area contributed by atoms with Crippen LogP contribution >= 0.6 is 11.6 Å². The molecule has 0 radical (unpaired) electrons. The summed E-state index contributed by atoms with van der Waals surface area (Å²) in [5.41, 5.74) is -3.95. The van der Waals surface area contributed by atoms with E-state index in [1.54, 1.807) is 5.32 Å². The molecule has 0 aliphatic rings. The topological polar surface area (TPSA) is 95.5 Å². The van der Waals surface area contributed by atoms with Crippen molar-refractivity contribution in [3.63, 3.8) is 0 Å². The molecule has 0 fully saturated rings. The van der Waals surface area contributed by atoms with Gasteiger partial charge >= 0.3 is 6.18 Å². The van der Waals surface area contributed by atoms with Crippen LogP contribution in [0.4, 0.5) is 28.9 Å². The molecule has 2 aromatic rings. The van der Waals surface area contributed by atoms with Crippen molar-refractivity contribution in [1.29, 1.82) is 0 Å². The van der Waals surface area contributed by atoms with E-state index < -0.39 is 33.5 Å². The summed E-state index contributed by atoms with van der Waals surface area (Å²) in [4.78, 5) is 11.3. The van der Waals surface area contributed by atoms with Gasteiger partial charge in [-0.1, -0.05) is 11.6 Å². The maximum absolute atomic E-state index is 12.9. The summed E-state index contributed by atoms with van der Waals surface area (Å²) in [7, 11) is -4.14. The Labute approximate surface area is 162 Å². The number of nitrogens with one attached hydrogen (secondary N) is 2. The number of hydrogen-bond donors (Lipinski definition) is 3. The summed E-state index contributed by atoms with van der Waals surface area (Å²) < 4.78 is 77.7. The highest BCUT2D eigenvalue weighted by Gasteiger charge is 2.55. The molecule has 6 nitrogen and oxygen atoms in total. The molecule has 0 heterocycles. The minimum atomic E-state index is -5.23. The third-order valence-corrected chi connectivity index (χ3v) is 5.28. The first kappa shape index (κ1) is 21.9. The quantitative estimate of drug-likeness (QED) is 0.620. The molecule has 1 amide bonds. The molecule has 1 atom stereocenters. The summed E-state index contributed by atoms with van der Waals surface area (Å²) in [5, 5.41) is 10.7. The van der Waals surface area contributed by atoms with Gasteiger partial charge in [-0.05, 0) is 49.4 Å². The summed E-state index contributed by atoms with van der Waals surface area (Å²) in [6.45, 7) is 0.266. The molecule has 0 unspecified atom stereocenters. The lowest BCUT2D eigenvalue weighted by Gasteiger charge is -2.25. The van der Waals surface area contributed by atoms with Gasteiger partial charge in [0.25, 0.3) is 15.9 Å². The van der Waals surface area contributed by atoms with Crippen molar-refractivity contribution in [3.05, 3.63) is 53.3 Å². The third-order valence-electron chi connectivity index (χ3n) is 3.59. The molecule has 0 aromatic heterocycles. The van der Waals surface area contributed by atoms with Crippen LogP contribution in [0.2, 0.25) is 5.02 Å². The Bertz CT molecular complexity index is 993. The molecule has 152 valence electrons. The normalized spacial score (nSPS) is 14.2. The van der Waals surface area contributed by atoms with Crippen LogP contribution < -0.4 is 10.0 Å². The van der Waals surface area contributed by atoms with Crippen LogP contribution in [0.5, 0.6) is 0 Å². The smallest absolute Gasteiger partial charge is 0.373 e. The predicted molar refractivity (Wildman–Crippen MR) is 94.0 cm³/mol. The van der Waals surface area contributed by atoms with Crippen LogP contribution in [-0.2, 0) is 14.8 Å². The van der Waals surface area contributed by atoms with E-state index in [0.717, 1.165) is 30.3 Å². The average Bonchev–Trinajstić information content (AvgIpc) is 2.57. The molecule has 0 spiro atoms. The highest BCUT2D eigenvalue weighted by Crippen LogP contribution is 2.33. The van der Waals surface area contributed by atoms with Gasteiger partial charge in [-0.15, -0.1) is 0 Å². The molecular formula is C16H13ClF4N2O4S. The maximum atomic E-state index is 12.9. The number of aliphatic hydroxyl groups is 1. The summed E-state index contributed by atoms with van der Waals surface area (Å²) in [5.74, 6) is -2.36. The number of halogens is 5. The van der Waals surface area contributed by atoms with Gasteiger partial charge in [0.15, 0.2) is 0 Å². The second kappa shape index (κ2) is 7.57. The lowest BCUT2D eigenvalue weighted by molar-refractivity contribution is -0.242. The molecule has 2 aromatic carbocycles. The van der Waals surface area contributed by atoms with Gasteiger partial charge in [-0.2, -0.15) is 13.2 Å². The van der Waals surface area contributed by atoms with Gasteiger partial charge in [-0.25, -0.2) is 12.8 Å². The van der Waals surface area contributed by atoms with E-state index >= 15 is 0 Å². The summed E-state index contributed by atoms with van der Waals surface area (Å²) in [6.07, 6.45) is -5.23. The van der Waals surface area contributed by atoms with E-state index in [1.165, 1.54) is 12.1 Å². The molecule has 0 aliphatic heterocycles. The van der Waals surface area contributed by atoms with Crippen molar-refractivity contribution in [1.82, 2.24) is 0 Å². The first-order valence-electron chi connectivity index (χ1n) is 7.42. The van der Waals surface area contributed by atoms with E-state index in [2.05, 4.69) is 4.72 Å². The number of carbonyl (C=O) groups is 1. The van der Waals surface area contributed by atoms with Crippen molar-refractivity contribution in [2.75, 3.05) is 10.0 Å². The number of hydrogen-bond acceptors (Lipinski definition) is 4. The highest BCUT2D eigenvalue weighted by atomic mass is 35.5. The number of benzene rings is 2. The van der Waals surface area contributed by atoms with Crippen molar-refractivity contribution in [3.8, 4) is 0 Å². The fourth-order valence-electron chi connectivity index (χ4n) is 1.87. The molecule has 0 saturated carbocycles. The minimum absolute atomic E-state index is 0.0659. The Kier molecular flexibility index (Phi) is 5.93. The zero-order valence-corrected chi connectivity index (χ0v) is 15.6. The zero-order valence-electron chi connectivity index (χ0n) is 14.0. The number of sulfonamides is 1. The number of anilines is 2. The Balaban J connectivity index is 2.24. The Morgan fingerprint density at radius 2 is 1.68 bits per heavy atom. The second-order valence-corrected chi connectivity index (χ2v) is 7.87. The lowest BCUT2D eigenvalue weighted by Crippen LogP contribution is -2.52. The van der Waals surface area contributed by atoms with Crippen LogP contribution in [-0.4, -0.2) is 31.2 Å². The van der Waals surface area contributed by atoms with Gasteiger partial charge in [0.05, 0.1) is 15.6 Å². The molecule has 2 rings (SSSR count). The molecule has 3 N–H and O–H groups in total. The zero-order chi connectivity index (χ0) is 21.3. The van der Waals surface area contributed by atoms with Crippen molar-refractivity contribution in [2.45, 2.75) is 23.6 Å². The monoisotopic (exact) mass is 440 g/mol. The number of rotatable bonds is 5. The standard InChI is InChI=1S/C16H13ClF4N2O4S/c1-15(25,16(19,20)21)14(24)22-13-7-6-11(8-12(13)17)28(26,27)23-10-4-2-9(18)3-5-10/h2-8,23,25H,1H3,(H,22,24)/t15-/m1/s1. The van der Waals surface area contributed by atoms with E-state index in [0.29, 0.717) is 0 Å². The fourth-order valence-corrected chi connectivity index (χ4v) is 3.25. The third kappa shape index (κ3) is 4.72. The van der Waals surface area contributed by atoms with Gasteiger partial charge in [0, 0.05) is 5.69 Å². The van der Waals surface area contributed by atoms with Gasteiger partial charge in [0.2, 0.25) is 5.60 Å². The SMILES string of the molecule is C[C@@](O)(C(=O)Nc1ccc(S(=O)(=O)Nc2ccc(F)cc2)cc1Cl)C(F)(F)F. The predicted octanol–water partition coefficient (Wildman–Crippen LogP) is 3.53. The van der Waals surface area contributed by atoms with Gasteiger partial charge < -0.3 is 10.4 Å². The molecule has 0 aliphatic carbocycles. The number of alkyl halides is 3. The summed E-state index contributed by atoms with van der Waals surface area (Å²) >= 11 is 5.85. The molecule has 0 bridgehead atoms. The van der Waals surface area contributed by atoms with Crippen LogP contribution in [0.3, 0.4) is 0 Å². The highest BCUT2D eigenvalue weighted by molar-refractivity contribution is 7.92. The number of carbonyl (C=O) groups excluding carboxylic acids is 1. The van der Waals surface area contributed by atoms with Crippen LogP contribution in [0.15, 0.2) is 47.4 Å². The molecule has 0 saturated heterocycles. The van der Waals surface area contributed by atoms with Crippen molar-refractivity contribution in [2.24, 2.45) is 0 Å². The van der Waals surface area contributed by atoms with Crippen molar-refractivity contribution >= 4 is 38.9 Å². The van der Waals surface area contributed by atoms with Crippen LogP contribution in [0.25, 0.3) is 0 Å². The average molecular weight is 441 g/mol. The van der Waals surface area contributed by atoms with Crippen LogP contribution in [0.1, 0.15) is 6.92 Å². The Hall–Kier alpha value is -2.37. The molecule has 12 heteroatoms. The Morgan fingerprint density at radius 1 is 1.11 bits per heavy atom. The maximum Gasteiger partial charge on any atom is 0.426 e. The number of amides is 1. The van der Waals surface area contributed by atoms with Gasteiger partial charge in [-0.3, -0.25) is 9.52 Å². The first-order chi connectivity index (χ1) is 12.7. The molecule has 28 heavy (non-hydrogen) atoms. The Morgan fingerprint density at radius 3 is 2.18 bits per heavy atom. The van der Waals surface area contributed by atoms with Crippen molar-refractivity contribution < 1.29 is 35.9 Å². The second-order valence-electron chi connectivity index (χ2n) is 5.78. The minimum Gasteiger partial charge on any atom is -0.373 e. The van der Waals surface area contributed by atoms with E-state index in [-0.39, 0.29) is 28.2 Å². The van der Waals surface area contributed by atoms with Crippen LogP contribution in [0, 0.1) is 5.82 Å². The largest absolute Gasteiger partial charge is 0.426 e. The molecular weight excluding hydrogens is 428 g/mol. The van der Waals surface area contributed by atoms with E-state index in [9.17, 15) is 35.9 Å². The fraction of sp³-hybridized carbons (Fsp3) is 0.188.